The molecule has 0 fully saturated rings. The molecule has 0 aliphatic carbocycles. The van der Waals surface area contributed by atoms with Crippen LogP contribution in [0.3, 0.4) is 0 Å². The van der Waals surface area contributed by atoms with Crippen molar-refractivity contribution >= 4 is 0 Å². The van der Waals surface area contributed by atoms with Crippen molar-refractivity contribution in [2.45, 2.75) is 19.1 Å². The van der Waals surface area contributed by atoms with Crippen molar-refractivity contribution in [3.63, 3.8) is 0 Å². The highest BCUT2D eigenvalue weighted by atomic mass is 19.4. The first-order chi connectivity index (χ1) is 7.86. The summed E-state index contributed by atoms with van der Waals surface area (Å²) in [6.07, 6.45) is -4.35. The Balaban J connectivity index is 2.97. The molecule has 96 valence electrons. The van der Waals surface area contributed by atoms with Crippen molar-refractivity contribution in [3.8, 4) is 0 Å². The Labute approximate surface area is 99.2 Å². The molecule has 2 N–H and O–H groups in total. The number of nitrogens with zero attached hydrogens (tertiary/aromatic N) is 1. The van der Waals surface area contributed by atoms with Crippen LogP contribution in [-0.4, -0.2) is 25.0 Å². The van der Waals surface area contributed by atoms with E-state index in [1.54, 1.807) is 6.07 Å². The van der Waals surface area contributed by atoms with Gasteiger partial charge in [0.2, 0.25) is 0 Å². The Hall–Kier alpha value is -1.07. The minimum atomic E-state index is -4.35. The number of halogens is 3. The van der Waals surface area contributed by atoms with Crippen LogP contribution in [0.5, 0.6) is 0 Å². The van der Waals surface area contributed by atoms with Gasteiger partial charge in [0.15, 0.2) is 0 Å². The summed E-state index contributed by atoms with van der Waals surface area (Å²) < 4.78 is 38.3. The lowest BCUT2D eigenvalue weighted by Gasteiger charge is -2.22. The van der Waals surface area contributed by atoms with Crippen molar-refractivity contribution in [1.29, 1.82) is 0 Å². The smallest absolute Gasteiger partial charge is 0.323 e. The first-order valence-corrected chi connectivity index (χ1v) is 5.46. The zero-order valence-electron chi connectivity index (χ0n) is 9.96. The molecule has 0 aliphatic rings. The van der Waals surface area contributed by atoms with Crippen LogP contribution in [-0.2, 0) is 6.18 Å². The van der Waals surface area contributed by atoms with E-state index in [4.69, 9.17) is 5.73 Å². The molecule has 0 heterocycles. The molecule has 1 unspecified atom stereocenters. The van der Waals surface area contributed by atoms with E-state index >= 15 is 0 Å². The van der Waals surface area contributed by atoms with E-state index in [2.05, 4.69) is 0 Å². The molecular formula is C12H17F3N2. The monoisotopic (exact) mass is 246 g/mol. The maximum absolute atomic E-state index is 12.8. The summed E-state index contributed by atoms with van der Waals surface area (Å²) in [6, 6.07) is 4.84. The number of rotatable bonds is 4. The Morgan fingerprint density at radius 1 is 1.29 bits per heavy atom. The summed E-state index contributed by atoms with van der Waals surface area (Å²) in [4.78, 5) is 1.89. The number of benzene rings is 1. The summed E-state index contributed by atoms with van der Waals surface area (Å²) in [5.74, 6) is 0. The largest absolute Gasteiger partial charge is 0.416 e. The zero-order valence-corrected chi connectivity index (χ0v) is 9.96. The molecule has 0 bridgehead atoms. The van der Waals surface area contributed by atoms with Crippen LogP contribution in [0.2, 0.25) is 0 Å². The molecule has 0 aliphatic heterocycles. The molecule has 1 aromatic rings. The van der Waals surface area contributed by atoms with Gasteiger partial charge in [0, 0.05) is 12.6 Å². The molecule has 1 rings (SSSR count). The number of nitrogens with two attached hydrogens (primary N) is 1. The average Bonchev–Trinajstić information content (AvgIpc) is 2.27. The summed E-state index contributed by atoms with van der Waals surface area (Å²) in [7, 11) is 1.83. The molecule has 5 heteroatoms. The summed E-state index contributed by atoms with van der Waals surface area (Å²) in [5.41, 5.74) is 5.34. The molecule has 17 heavy (non-hydrogen) atoms. The van der Waals surface area contributed by atoms with Crippen LogP contribution in [0.15, 0.2) is 24.3 Å². The van der Waals surface area contributed by atoms with E-state index in [0.717, 1.165) is 12.6 Å². The molecule has 0 saturated carbocycles. The molecule has 1 aromatic carbocycles. The quantitative estimate of drug-likeness (QED) is 0.885. The first-order valence-electron chi connectivity index (χ1n) is 5.46. The van der Waals surface area contributed by atoms with Gasteiger partial charge in [0.1, 0.15) is 0 Å². The van der Waals surface area contributed by atoms with E-state index in [1.807, 2.05) is 18.9 Å². The van der Waals surface area contributed by atoms with E-state index in [9.17, 15) is 13.2 Å². The summed E-state index contributed by atoms with van der Waals surface area (Å²) in [6.45, 7) is 3.09. The van der Waals surface area contributed by atoms with E-state index in [1.165, 1.54) is 12.1 Å². The molecule has 2 nitrogen and oxygen atoms in total. The van der Waals surface area contributed by atoms with Gasteiger partial charge in [0.05, 0.1) is 5.56 Å². The highest BCUT2D eigenvalue weighted by Gasteiger charge is 2.34. The van der Waals surface area contributed by atoms with Crippen LogP contribution in [0.4, 0.5) is 13.2 Å². The predicted octanol–water partition coefficient (Wildman–Crippen LogP) is 2.66. The van der Waals surface area contributed by atoms with Crippen LogP contribution in [0.25, 0.3) is 0 Å². The topological polar surface area (TPSA) is 29.3 Å². The van der Waals surface area contributed by atoms with Gasteiger partial charge in [-0.15, -0.1) is 0 Å². The predicted molar refractivity (Wildman–Crippen MR) is 61.5 cm³/mol. The molecular weight excluding hydrogens is 229 g/mol. The van der Waals surface area contributed by atoms with Crippen molar-refractivity contribution in [1.82, 2.24) is 4.90 Å². The van der Waals surface area contributed by atoms with Gasteiger partial charge >= 0.3 is 6.18 Å². The van der Waals surface area contributed by atoms with Crippen molar-refractivity contribution in [2.24, 2.45) is 5.73 Å². The third kappa shape index (κ3) is 3.71. The minimum absolute atomic E-state index is 0.153. The second-order valence-electron chi connectivity index (χ2n) is 4.05. The van der Waals surface area contributed by atoms with E-state index in [-0.39, 0.29) is 5.56 Å². The Morgan fingerprint density at radius 2 is 1.88 bits per heavy atom. The maximum atomic E-state index is 12.8. The van der Waals surface area contributed by atoms with Crippen LogP contribution < -0.4 is 5.73 Å². The zero-order chi connectivity index (χ0) is 13.1. The Bertz CT molecular complexity index is 363. The standard InChI is InChI=1S/C12H17F3N2/c1-3-17(2)8-11(16)9-6-4-5-7-10(9)12(13,14)15/h4-7,11H,3,8,16H2,1-2H3. The Morgan fingerprint density at radius 3 is 2.41 bits per heavy atom. The lowest BCUT2D eigenvalue weighted by Crippen LogP contribution is -2.30. The molecule has 0 spiro atoms. The van der Waals surface area contributed by atoms with Crippen LogP contribution in [0.1, 0.15) is 24.1 Å². The van der Waals surface area contributed by atoms with Gasteiger partial charge in [-0.25, -0.2) is 0 Å². The summed E-state index contributed by atoms with van der Waals surface area (Å²) in [5, 5.41) is 0. The van der Waals surface area contributed by atoms with Gasteiger partial charge in [-0.3, -0.25) is 0 Å². The van der Waals surface area contributed by atoms with Gasteiger partial charge in [0.25, 0.3) is 0 Å². The second-order valence-corrected chi connectivity index (χ2v) is 4.05. The van der Waals surface area contributed by atoms with Crippen molar-refractivity contribution in [2.75, 3.05) is 20.1 Å². The SMILES string of the molecule is CCN(C)CC(N)c1ccccc1C(F)(F)F. The van der Waals surface area contributed by atoms with Gasteiger partial charge in [-0.2, -0.15) is 13.2 Å². The maximum Gasteiger partial charge on any atom is 0.416 e. The lowest BCUT2D eigenvalue weighted by atomic mass is 10.00. The normalized spacial score (nSPS) is 14.1. The molecule has 0 radical (unpaired) electrons. The number of alkyl halides is 3. The van der Waals surface area contributed by atoms with Gasteiger partial charge < -0.3 is 10.6 Å². The van der Waals surface area contributed by atoms with E-state index < -0.39 is 17.8 Å². The van der Waals surface area contributed by atoms with Crippen LogP contribution >= 0.6 is 0 Å². The molecule has 0 saturated heterocycles. The van der Waals surface area contributed by atoms with Crippen molar-refractivity contribution in [3.05, 3.63) is 35.4 Å². The number of likely N-dealkylation sites (N-methyl/N-ethyl adjacent to an activating group) is 1. The number of hydrogen-bond acceptors (Lipinski definition) is 2. The highest BCUT2D eigenvalue weighted by molar-refractivity contribution is 5.32. The fraction of sp³-hybridized carbons (Fsp3) is 0.500. The molecule has 0 amide bonds. The highest BCUT2D eigenvalue weighted by Crippen LogP contribution is 2.33. The third-order valence-corrected chi connectivity index (χ3v) is 2.71. The Kier molecular flexibility index (Phi) is 4.54. The minimum Gasteiger partial charge on any atom is -0.323 e. The fourth-order valence-electron chi connectivity index (χ4n) is 1.64. The van der Waals surface area contributed by atoms with Gasteiger partial charge in [-0.05, 0) is 25.2 Å². The fourth-order valence-corrected chi connectivity index (χ4v) is 1.64. The molecule has 1 atom stereocenters. The van der Waals surface area contributed by atoms with E-state index in [0.29, 0.717) is 6.54 Å². The third-order valence-electron chi connectivity index (χ3n) is 2.71. The lowest BCUT2D eigenvalue weighted by molar-refractivity contribution is -0.138. The number of hydrogen-bond donors (Lipinski definition) is 1. The molecule has 0 aromatic heterocycles. The van der Waals surface area contributed by atoms with Gasteiger partial charge in [-0.1, -0.05) is 25.1 Å². The summed E-state index contributed by atoms with van der Waals surface area (Å²) >= 11 is 0. The second kappa shape index (κ2) is 5.51. The first kappa shape index (κ1) is 14.0. The van der Waals surface area contributed by atoms with Crippen molar-refractivity contribution < 1.29 is 13.2 Å². The van der Waals surface area contributed by atoms with Crippen LogP contribution in [0, 0.1) is 0 Å². The average molecular weight is 246 g/mol.